The molecule has 1 aromatic rings. The van der Waals surface area contributed by atoms with Crippen LogP contribution >= 0.6 is 0 Å². The minimum Gasteiger partial charge on any atom is -0.508 e. The first-order valence-corrected chi connectivity index (χ1v) is 12.7. The third-order valence-corrected chi connectivity index (χ3v) is 6.09. The molecule has 222 valence electrons. The van der Waals surface area contributed by atoms with Crippen molar-refractivity contribution < 1.29 is 39.3 Å². The van der Waals surface area contributed by atoms with Crippen molar-refractivity contribution in [2.45, 2.75) is 70.1 Å². The van der Waals surface area contributed by atoms with Crippen LogP contribution in [-0.4, -0.2) is 81.7 Å². The Hall–Kier alpha value is -4.40. The molecule has 0 aliphatic heterocycles. The first-order chi connectivity index (χ1) is 18.7. The van der Waals surface area contributed by atoms with E-state index >= 15 is 0 Å². The zero-order chi connectivity index (χ0) is 30.4. The first kappa shape index (κ1) is 33.6. The minimum absolute atomic E-state index is 0.00957. The van der Waals surface area contributed by atoms with E-state index in [1.807, 2.05) is 0 Å². The van der Waals surface area contributed by atoms with Gasteiger partial charge in [-0.25, -0.2) is 4.79 Å². The van der Waals surface area contributed by atoms with Crippen LogP contribution in [0, 0.1) is 5.92 Å². The number of aliphatic imine (C=N–C) groups is 1. The molecule has 5 unspecified atom stereocenters. The number of hydrogen-bond donors (Lipinski definition) is 9. The van der Waals surface area contributed by atoms with Crippen molar-refractivity contribution in [2.24, 2.45) is 28.1 Å². The standard InChI is InChI=1S/C25H39N7O8/c1-3-13(2)20(23(38)30-17(24(39)40)5-4-10-29-25(27)28)32-22(37)18(12-19(34)35)31-21(36)16(26)11-14-6-8-15(33)9-7-14/h6-9,13,16-18,20,33H,3-5,10-12,26H2,1-2H3,(H,30,38)(H,31,36)(H,32,37)(H,34,35)(H,39,40)(H4,27,28,29). The van der Waals surface area contributed by atoms with Gasteiger partial charge in [0.2, 0.25) is 17.7 Å². The van der Waals surface area contributed by atoms with Crippen LogP contribution in [0.4, 0.5) is 0 Å². The van der Waals surface area contributed by atoms with Gasteiger partial charge in [-0.05, 0) is 42.9 Å². The lowest BCUT2D eigenvalue weighted by Gasteiger charge is -2.27. The molecule has 3 amide bonds. The average molecular weight is 566 g/mol. The second-order valence-electron chi connectivity index (χ2n) is 9.36. The van der Waals surface area contributed by atoms with Crippen LogP contribution < -0.4 is 33.2 Å². The molecular formula is C25H39N7O8. The van der Waals surface area contributed by atoms with Crippen molar-refractivity contribution in [1.82, 2.24) is 16.0 Å². The Morgan fingerprint density at radius 3 is 2.05 bits per heavy atom. The van der Waals surface area contributed by atoms with Gasteiger partial charge in [0.15, 0.2) is 5.96 Å². The number of carboxylic acid groups (broad SMARTS) is 2. The number of carbonyl (C=O) groups is 5. The molecule has 0 fully saturated rings. The number of nitrogens with two attached hydrogens (primary N) is 3. The van der Waals surface area contributed by atoms with Gasteiger partial charge in [-0.1, -0.05) is 32.4 Å². The van der Waals surface area contributed by atoms with Crippen molar-refractivity contribution in [3.63, 3.8) is 0 Å². The van der Waals surface area contributed by atoms with Crippen LogP contribution in [0.1, 0.15) is 45.1 Å². The molecule has 1 rings (SSSR count). The molecule has 0 saturated heterocycles. The van der Waals surface area contributed by atoms with Crippen LogP contribution in [0.25, 0.3) is 0 Å². The molecular weight excluding hydrogens is 526 g/mol. The summed E-state index contributed by atoms with van der Waals surface area (Å²) in [5, 5.41) is 35.4. The number of nitrogens with one attached hydrogen (secondary N) is 3. The van der Waals surface area contributed by atoms with Gasteiger partial charge in [0.1, 0.15) is 23.9 Å². The van der Waals surface area contributed by atoms with E-state index < -0.39 is 66.2 Å². The third kappa shape index (κ3) is 12.0. The third-order valence-electron chi connectivity index (χ3n) is 6.09. The SMILES string of the molecule is CCC(C)C(NC(=O)C(CC(=O)O)NC(=O)C(N)Cc1ccc(O)cc1)C(=O)NC(CCCN=C(N)N)C(=O)O. The van der Waals surface area contributed by atoms with E-state index in [4.69, 9.17) is 17.2 Å². The molecule has 15 heteroatoms. The van der Waals surface area contributed by atoms with E-state index in [1.165, 1.54) is 12.1 Å². The van der Waals surface area contributed by atoms with Crippen molar-refractivity contribution in [1.29, 1.82) is 0 Å². The lowest BCUT2D eigenvalue weighted by atomic mass is 9.97. The summed E-state index contributed by atoms with van der Waals surface area (Å²) < 4.78 is 0. The molecule has 0 heterocycles. The highest BCUT2D eigenvalue weighted by atomic mass is 16.4. The van der Waals surface area contributed by atoms with Crippen molar-refractivity contribution in [2.75, 3.05) is 6.54 Å². The largest absolute Gasteiger partial charge is 0.508 e. The fourth-order valence-corrected chi connectivity index (χ4v) is 3.62. The zero-order valence-electron chi connectivity index (χ0n) is 22.5. The monoisotopic (exact) mass is 565 g/mol. The highest BCUT2D eigenvalue weighted by molar-refractivity contribution is 5.95. The molecule has 15 nitrogen and oxygen atoms in total. The predicted octanol–water partition coefficient (Wildman–Crippen LogP) is -1.62. The normalized spacial score (nSPS) is 14.5. The topological polar surface area (TPSA) is 273 Å². The summed E-state index contributed by atoms with van der Waals surface area (Å²) in [6.07, 6.45) is -0.0671. The molecule has 40 heavy (non-hydrogen) atoms. The number of aliphatic carboxylic acids is 2. The molecule has 0 bridgehead atoms. The van der Waals surface area contributed by atoms with Crippen LogP contribution in [0.2, 0.25) is 0 Å². The zero-order valence-corrected chi connectivity index (χ0v) is 22.5. The van der Waals surface area contributed by atoms with Gasteiger partial charge in [0, 0.05) is 6.54 Å². The van der Waals surface area contributed by atoms with Gasteiger partial charge in [0.05, 0.1) is 12.5 Å². The van der Waals surface area contributed by atoms with Gasteiger partial charge in [-0.2, -0.15) is 0 Å². The van der Waals surface area contributed by atoms with Crippen LogP contribution in [0.3, 0.4) is 0 Å². The molecule has 0 radical (unpaired) electrons. The first-order valence-electron chi connectivity index (χ1n) is 12.7. The fourth-order valence-electron chi connectivity index (χ4n) is 3.62. The smallest absolute Gasteiger partial charge is 0.326 e. The molecule has 0 saturated carbocycles. The number of hydrogen-bond acceptors (Lipinski definition) is 8. The molecule has 0 aromatic heterocycles. The van der Waals surface area contributed by atoms with E-state index in [9.17, 15) is 39.3 Å². The quantitative estimate of drug-likeness (QED) is 0.0587. The Labute approximate surface area is 231 Å². The number of nitrogens with zero attached hydrogens (tertiary/aromatic N) is 1. The summed E-state index contributed by atoms with van der Waals surface area (Å²) in [5.41, 5.74) is 17.1. The van der Waals surface area contributed by atoms with Gasteiger partial charge in [0.25, 0.3) is 0 Å². The number of aromatic hydroxyl groups is 1. The number of phenolic OH excluding ortho intramolecular Hbond substituents is 1. The summed E-state index contributed by atoms with van der Waals surface area (Å²) in [4.78, 5) is 65.7. The Morgan fingerprint density at radius 2 is 1.52 bits per heavy atom. The maximum atomic E-state index is 13.1. The second kappa shape index (κ2) is 16.5. The second-order valence-corrected chi connectivity index (χ2v) is 9.36. The predicted molar refractivity (Wildman–Crippen MR) is 145 cm³/mol. The van der Waals surface area contributed by atoms with Crippen molar-refractivity contribution in [3.8, 4) is 5.75 Å². The van der Waals surface area contributed by atoms with Gasteiger partial charge in [-0.15, -0.1) is 0 Å². The summed E-state index contributed by atoms with van der Waals surface area (Å²) in [6, 6.07) is 0.727. The number of benzene rings is 1. The minimum atomic E-state index is -1.56. The summed E-state index contributed by atoms with van der Waals surface area (Å²) in [7, 11) is 0. The average Bonchev–Trinajstić information content (AvgIpc) is 2.88. The Morgan fingerprint density at radius 1 is 0.925 bits per heavy atom. The lowest BCUT2D eigenvalue weighted by Crippen LogP contribution is -2.59. The van der Waals surface area contributed by atoms with Gasteiger partial charge >= 0.3 is 11.9 Å². The molecule has 0 aliphatic carbocycles. The van der Waals surface area contributed by atoms with Gasteiger partial charge < -0.3 is 48.5 Å². The Kier molecular flexibility index (Phi) is 13.9. The van der Waals surface area contributed by atoms with E-state index in [1.54, 1.807) is 26.0 Å². The van der Waals surface area contributed by atoms with Gasteiger partial charge in [-0.3, -0.25) is 24.2 Å². The van der Waals surface area contributed by atoms with Crippen LogP contribution in [0.5, 0.6) is 5.75 Å². The number of amides is 3. The van der Waals surface area contributed by atoms with E-state index in [0.29, 0.717) is 12.0 Å². The van der Waals surface area contributed by atoms with Crippen LogP contribution in [-0.2, 0) is 30.4 Å². The van der Waals surface area contributed by atoms with Crippen LogP contribution in [0.15, 0.2) is 29.3 Å². The lowest BCUT2D eigenvalue weighted by molar-refractivity contribution is -0.143. The Balaban J connectivity index is 2.97. The molecule has 0 spiro atoms. The molecule has 12 N–H and O–H groups in total. The van der Waals surface area contributed by atoms with E-state index in [-0.39, 0.29) is 37.5 Å². The molecule has 0 aliphatic rings. The maximum absolute atomic E-state index is 13.1. The van der Waals surface area contributed by atoms with E-state index in [0.717, 1.165) is 0 Å². The number of carbonyl (C=O) groups excluding carboxylic acids is 3. The van der Waals surface area contributed by atoms with Crippen molar-refractivity contribution in [3.05, 3.63) is 29.8 Å². The Bertz CT molecular complexity index is 1060. The summed E-state index contributed by atoms with van der Waals surface area (Å²) >= 11 is 0. The summed E-state index contributed by atoms with van der Waals surface area (Å²) in [6.45, 7) is 3.55. The summed E-state index contributed by atoms with van der Waals surface area (Å²) in [5.74, 6) is -5.83. The maximum Gasteiger partial charge on any atom is 0.326 e. The van der Waals surface area contributed by atoms with Crippen molar-refractivity contribution >= 4 is 35.6 Å². The highest BCUT2D eigenvalue weighted by Gasteiger charge is 2.33. The number of carboxylic acids is 2. The molecule has 5 atom stereocenters. The molecule has 1 aromatic carbocycles. The van der Waals surface area contributed by atoms with E-state index in [2.05, 4.69) is 20.9 Å². The number of guanidine groups is 1. The highest BCUT2D eigenvalue weighted by Crippen LogP contribution is 2.12. The number of phenols is 1. The number of rotatable bonds is 17. The fraction of sp³-hybridized carbons (Fsp3) is 0.520.